The number of aryl methyl sites for hydroxylation is 1. The number of nitrogens with zero attached hydrogens (tertiary/aromatic N) is 1. The number of hydrogen-bond donors (Lipinski definition) is 1. The summed E-state index contributed by atoms with van der Waals surface area (Å²) in [5.41, 5.74) is 2.28. The molecule has 0 saturated carbocycles. The van der Waals surface area contributed by atoms with Crippen LogP contribution in [-0.4, -0.2) is 29.4 Å². The average molecular weight is 501 g/mol. The standard InChI is InChI=1S/C26H23F3N2O3S/c1-3-33-24(32)15-34-23-10-9-21(11-16(23)2)35-25(17-5-4-6-20(12-17)26(27,28)29)18-7-8-19-14-30-31-22(19)13-18/h4-14,25H,3,15H2,1-2H3,(H,30,31). The van der Waals surface area contributed by atoms with Crippen LogP contribution >= 0.6 is 11.8 Å². The first-order chi connectivity index (χ1) is 16.7. The second-order valence-electron chi connectivity index (χ2n) is 7.86. The highest BCUT2D eigenvalue weighted by molar-refractivity contribution is 7.99. The molecule has 0 aliphatic heterocycles. The minimum absolute atomic E-state index is 0.196. The third-order valence-corrected chi connectivity index (χ3v) is 6.64. The van der Waals surface area contributed by atoms with Crippen molar-refractivity contribution in [3.05, 3.63) is 89.1 Å². The molecule has 0 bridgehead atoms. The van der Waals surface area contributed by atoms with Gasteiger partial charge in [0.1, 0.15) is 5.75 Å². The van der Waals surface area contributed by atoms with Crippen LogP contribution in [0.1, 0.15) is 34.4 Å². The summed E-state index contributed by atoms with van der Waals surface area (Å²) in [4.78, 5) is 12.4. The van der Waals surface area contributed by atoms with E-state index in [2.05, 4.69) is 10.2 Å². The first-order valence-electron chi connectivity index (χ1n) is 10.9. The second kappa shape index (κ2) is 10.4. The molecule has 1 aromatic heterocycles. The van der Waals surface area contributed by atoms with Crippen molar-refractivity contribution in [1.29, 1.82) is 0 Å². The topological polar surface area (TPSA) is 64.2 Å². The predicted octanol–water partition coefficient (Wildman–Crippen LogP) is 6.71. The lowest BCUT2D eigenvalue weighted by Crippen LogP contribution is -2.14. The van der Waals surface area contributed by atoms with Crippen LogP contribution in [0.2, 0.25) is 0 Å². The van der Waals surface area contributed by atoms with Crippen LogP contribution in [0.25, 0.3) is 10.9 Å². The van der Waals surface area contributed by atoms with E-state index in [1.807, 2.05) is 37.3 Å². The molecule has 0 aliphatic carbocycles. The largest absolute Gasteiger partial charge is 0.482 e. The van der Waals surface area contributed by atoms with Crippen molar-refractivity contribution in [2.75, 3.05) is 13.2 Å². The van der Waals surface area contributed by atoms with Crippen LogP contribution in [-0.2, 0) is 15.7 Å². The fraction of sp³-hybridized carbons (Fsp3) is 0.231. The summed E-state index contributed by atoms with van der Waals surface area (Å²) in [5, 5.41) is 7.47. The van der Waals surface area contributed by atoms with Crippen molar-refractivity contribution in [1.82, 2.24) is 10.2 Å². The summed E-state index contributed by atoms with van der Waals surface area (Å²) in [6, 6.07) is 16.6. The fourth-order valence-corrected chi connectivity index (χ4v) is 4.89. The second-order valence-corrected chi connectivity index (χ2v) is 9.04. The monoisotopic (exact) mass is 500 g/mol. The Bertz CT molecular complexity index is 1340. The summed E-state index contributed by atoms with van der Waals surface area (Å²) in [6.07, 6.45) is -2.74. The van der Waals surface area contributed by atoms with Gasteiger partial charge in [-0.2, -0.15) is 18.3 Å². The van der Waals surface area contributed by atoms with Crippen molar-refractivity contribution in [3.63, 3.8) is 0 Å². The molecule has 1 N–H and O–H groups in total. The lowest BCUT2D eigenvalue weighted by atomic mass is 10.0. The highest BCUT2D eigenvalue weighted by atomic mass is 32.2. The minimum Gasteiger partial charge on any atom is -0.482 e. The van der Waals surface area contributed by atoms with Crippen molar-refractivity contribution in [2.45, 2.75) is 30.2 Å². The molecule has 0 amide bonds. The summed E-state index contributed by atoms with van der Waals surface area (Å²) in [6.45, 7) is 3.65. The molecule has 5 nitrogen and oxygen atoms in total. The van der Waals surface area contributed by atoms with Crippen LogP contribution in [0.3, 0.4) is 0 Å². The highest BCUT2D eigenvalue weighted by Gasteiger charge is 2.31. The lowest BCUT2D eigenvalue weighted by molar-refractivity contribution is -0.145. The fourth-order valence-electron chi connectivity index (χ4n) is 3.66. The van der Waals surface area contributed by atoms with E-state index in [4.69, 9.17) is 9.47 Å². The van der Waals surface area contributed by atoms with E-state index in [0.29, 0.717) is 11.3 Å². The zero-order valence-corrected chi connectivity index (χ0v) is 19.9. The van der Waals surface area contributed by atoms with Gasteiger partial charge in [0.15, 0.2) is 6.61 Å². The van der Waals surface area contributed by atoms with Gasteiger partial charge < -0.3 is 9.47 Å². The van der Waals surface area contributed by atoms with Gasteiger partial charge in [0.25, 0.3) is 0 Å². The molecule has 0 fully saturated rings. The number of H-pyrrole nitrogens is 1. The highest BCUT2D eigenvalue weighted by Crippen LogP contribution is 2.43. The number of ether oxygens (including phenoxy) is 2. The Morgan fingerprint density at radius 2 is 1.89 bits per heavy atom. The molecule has 1 unspecified atom stereocenters. The molecule has 182 valence electrons. The Morgan fingerprint density at radius 1 is 1.09 bits per heavy atom. The van der Waals surface area contributed by atoms with E-state index in [1.54, 1.807) is 25.3 Å². The molecule has 4 aromatic rings. The number of thioether (sulfide) groups is 1. The molecule has 0 spiro atoms. The molecular formula is C26H23F3N2O3S. The molecule has 9 heteroatoms. The predicted molar refractivity (Wildman–Crippen MR) is 129 cm³/mol. The van der Waals surface area contributed by atoms with Gasteiger partial charge in [0.2, 0.25) is 0 Å². The van der Waals surface area contributed by atoms with E-state index >= 15 is 0 Å². The van der Waals surface area contributed by atoms with E-state index in [0.717, 1.165) is 33.0 Å². The average Bonchev–Trinajstić information content (AvgIpc) is 3.30. The number of aromatic amines is 1. The summed E-state index contributed by atoms with van der Waals surface area (Å²) in [7, 11) is 0. The maximum absolute atomic E-state index is 13.4. The smallest absolute Gasteiger partial charge is 0.416 e. The maximum Gasteiger partial charge on any atom is 0.416 e. The number of esters is 1. The van der Waals surface area contributed by atoms with Crippen molar-refractivity contribution >= 4 is 28.6 Å². The van der Waals surface area contributed by atoms with Crippen LogP contribution in [0.5, 0.6) is 5.75 Å². The third-order valence-electron chi connectivity index (χ3n) is 5.34. The molecule has 1 atom stereocenters. The Kier molecular flexibility index (Phi) is 7.35. The lowest BCUT2D eigenvalue weighted by Gasteiger charge is -2.20. The van der Waals surface area contributed by atoms with Gasteiger partial charge >= 0.3 is 12.1 Å². The first kappa shape index (κ1) is 24.7. The number of aromatic nitrogens is 2. The number of alkyl halides is 3. The van der Waals surface area contributed by atoms with Gasteiger partial charge in [-0.3, -0.25) is 5.10 Å². The van der Waals surface area contributed by atoms with E-state index in [9.17, 15) is 18.0 Å². The number of rotatable bonds is 8. The molecule has 4 rings (SSSR count). The van der Waals surface area contributed by atoms with Crippen molar-refractivity contribution in [3.8, 4) is 5.75 Å². The molecule has 0 saturated heterocycles. The number of nitrogens with one attached hydrogen (secondary N) is 1. The first-order valence-corrected chi connectivity index (χ1v) is 11.8. The Morgan fingerprint density at radius 3 is 2.63 bits per heavy atom. The number of halogens is 3. The Labute approximate surface area is 204 Å². The number of carbonyl (C=O) groups is 1. The van der Waals surface area contributed by atoms with Crippen LogP contribution in [0.4, 0.5) is 13.2 Å². The Balaban J connectivity index is 1.66. The molecule has 1 heterocycles. The minimum atomic E-state index is -4.44. The maximum atomic E-state index is 13.4. The van der Waals surface area contributed by atoms with Gasteiger partial charge in [-0.15, -0.1) is 11.8 Å². The zero-order valence-electron chi connectivity index (χ0n) is 19.1. The molecule has 35 heavy (non-hydrogen) atoms. The summed E-state index contributed by atoms with van der Waals surface area (Å²) >= 11 is 1.43. The van der Waals surface area contributed by atoms with E-state index in [1.165, 1.54) is 23.9 Å². The number of fused-ring (bicyclic) bond motifs is 1. The quantitative estimate of drug-likeness (QED) is 0.215. The summed E-state index contributed by atoms with van der Waals surface area (Å²) < 4.78 is 50.7. The summed E-state index contributed by atoms with van der Waals surface area (Å²) in [5.74, 6) is 0.0843. The van der Waals surface area contributed by atoms with Crippen LogP contribution in [0, 0.1) is 6.92 Å². The van der Waals surface area contributed by atoms with E-state index in [-0.39, 0.29) is 13.2 Å². The van der Waals surface area contributed by atoms with Crippen LogP contribution in [0.15, 0.2) is 71.8 Å². The number of hydrogen-bond acceptors (Lipinski definition) is 5. The Hall–Kier alpha value is -3.46. The molecular weight excluding hydrogens is 477 g/mol. The van der Waals surface area contributed by atoms with Gasteiger partial charge in [-0.1, -0.05) is 30.3 Å². The van der Waals surface area contributed by atoms with Gasteiger partial charge in [0.05, 0.1) is 29.1 Å². The number of carbonyl (C=O) groups excluding carboxylic acids is 1. The molecule has 0 aliphatic rings. The van der Waals surface area contributed by atoms with Gasteiger partial charge in [-0.25, -0.2) is 4.79 Å². The van der Waals surface area contributed by atoms with Gasteiger partial charge in [-0.05, 0) is 60.9 Å². The van der Waals surface area contributed by atoms with Crippen molar-refractivity contribution < 1.29 is 27.4 Å². The molecule has 0 radical (unpaired) electrons. The van der Waals surface area contributed by atoms with Crippen molar-refractivity contribution in [2.24, 2.45) is 0 Å². The zero-order chi connectivity index (χ0) is 25.0. The normalized spacial score (nSPS) is 12.5. The third kappa shape index (κ3) is 5.97. The number of benzene rings is 3. The van der Waals surface area contributed by atoms with Gasteiger partial charge in [0, 0.05) is 10.3 Å². The SMILES string of the molecule is CCOC(=O)COc1ccc(SC(c2cccc(C(F)(F)F)c2)c2ccc3cn[nH]c3c2)cc1C. The van der Waals surface area contributed by atoms with E-state index < -0.39 is 23.0 Å². The molecule has 3 aromatic carbocycles. The van der Waals surface area contributed by atoms with Crippen LogP contribution < -0.4 is 4.74 Å².